The molecule has 0 spiro atoms. The lowest BCUT2D eigenvalue weighted by atomic mass is 9.86. The van der Waals surface area contributed by atoms with Gasteiger partial charge in [0.1, 0.15) is 7.35 Å². The van der Waals surface area contributed by atoms with Crippen molar-refractivity contribution in [1.29, 1.82) is 0 Å². The molecule has 1 aliphatic rings. The van der Waals surface area contributed by atoms with Crippen molar-refractivity contribution in [2.24, 2.45) is 0 Å². The highest BCUT2D eigenvalue weighted by molar-refractivity contribution is 8.51. The minimum absolute atomic E-state index is 0.500. The van der Waals surface area contributed by atoms with Crippen molar-refractivity contribution in [1.82, 2.24) is 0 Å². The summed E-state index contributed by atoms with van der Waals surface area (Å²) in [5.74, 6) is 1.05. The Morgan fingerprint density at radius 1 is 1.15 bits per heavy atom. The summed E-state index contributed by atoms with van der Waals surface area (Å²) in [5.41, 5.74) is 9.92. The van der Waals surface area contributed by atoms with Crippen molar-refractivity contribution in [3.63, 3.8) is 0 Å². The summed E-state index contributed by atoms with van der Waals surface area (Å²) in [6.45, 7) is 8.97. The smallest absolute Gasteiger partial charge is 0.114 e. The Bertz CT molecular complexity index is 788. The minimum atomic E-state index is -1.30. The Balaban J connectivity index is 1.89. The topological polar surface area (TPSA) is 40.5 Å². The van der Waals surface area contributed by atoms with Gasteiger partial charge in [-0.15, -0.1) is 0 Å². The van der Waals surface area contributed by atoms with E-state index in [0.717, 1.165) is 12.8 Å². The summed E-state index contributed by atoms with van der Waals surface area (Å²) in [6, 6.07) is 11.6. The molecule has 2 unspecified atom stereocenters. The molecule has 26 heavy (non-hydrogen) atoms. The van der Waals surface area contributed by atoms with Gasteiger partial charge in [-0.3, -0.25) is 0 Å². The Kier molecular flexibility index (Phi) is 6.45. The molecule has 3 rings (SSSR count). The van der Waals surface area contributed by atoms with Gasteiger partial charge < -0.3 is 9.45 Å². The molecule has 2 N–H and O–H groups in total. The van der Waals surface area contributed by atoms with Gasteiger partial charge in [-0.2, -0.15) is 0 Å². The second kappa shape index (κ2) is 8.44. The molecule has 2 aromatic carbocycles. The van der Waals surface area contributed by atoms with Crippen LogP contribution in [0, 0.1) is 13.8 Å². The van der Waals surface area contributed by atoms with Crippen molar-refractivity contribution in [2.45, 2.75) is 58.8 Å². The number of benzene rings is 2. The number of hydrogen-bond acceptors (Lipinski definition) is 3. The Morgan fingerprint density at radius 2 is 1.92 bits per heavy atom. The number of rotatable bonds is 6. The molecule has 0 saturated carbocycles. The molecule has 4 heteroatoms. The average molecular weight is 389 g/mol. The molecule has 0 aromatic heterocycles. The van der Waals surface area contributed by atoms with Crippen LogP contribution in [0.4, 0.5) is 0 Å². The van der Waals surface area contributed by atoms with Crippen molar-refractivity contribution in [2.75, 3.05) is 6.16 Å². The van der Waals surface area contributed by atoms with Gasteiger partial charge in [-0.1, -0.05) is 44.2 Å². The van der Waals surface area contributed by atoms with E-state index in [9.17, 15) is 4.89 Å². The first-order valence-electron chi connectivity index (χ1n) is 9.41. The van der Waals surface area contributed by atoms with Gasteiger partial charge >= 0.3 is 0 Å². The highest BCUT2D eigenvalue weighted by Gasteiger charge is 2.27. The first kappa shape index (κ1) is 19.9. The Hall–Kier alpha value is -0.860. The largest absolute Gasteiger partial charge is 0.361 e. The van der Waals surface area contributed by atoms with E-state index in [1.54, 1.807) is 0 Å². The summed E-state index contributed by atoms with van der Waals surface area (Å²) in [5, 5.41) is 0. The van der Waals surface area contributed by atoms with Crippen LogP contribution in [0.5, 0.6) is 0 Å². The first-order chi connectivity index (χ1) is 12.4. The van der Waals surface area contributed by atoms with E-state index in [4.69, 9.17) is 4.55 Å². The van der Waals surface area contributed by atoms with E-state index in [0.29, 0.717) is 29.7 Å². The van der Waals surface area contributed by atoms with Crippen LogP contribution in [-0.2, 0) is 12.8 Å². The van der Waals surface area contributed by atoms with E-state index >= 15 is 0 Å². The zero-order valence-electron chi connectivity index (χ0n) is 16.1. The van der Waals surface area contributed by atoms with Crippen LogP contribution in [-0.4, -0.2) is 15.6 Å². The van der Waals surface area contributed by atoms with E-state index < -0.39 is 7.35 Å². The maximum atomic E-state index is 9.64. The average Bonchev–Trinajstić information content (AvgIpc) is 3.04. The normalized spacial score (nSPS) is 17.6. The molecule has 1 aliphatic carbocycles. The minimum Gasteiger partial charge on any atom is -0.361 e. The monoisotopic (exact) mass is 388 g/mol. The van der Waals surface area contributed by atoms with Gasteiger partial charge in [0.2, 0.25) is 0 Å². The van der Waals surface area contributed by atoms with Crippen LogP contribution in [0.1, 0.15) is 71.0 Å². The molecule has 2 nitrogen and oxygen atoms in total. The molecule has 0 aliphatic heterocycles. The van der Waals surface area contributed by atoms with E-state index in [1.807, 2.05) is 0 Å². The number of fused-ring (bicyclic) bond motifs is 1. The van der Waals surface area contributed by atoms with Gasteiger partial charge in [0, 0.05) is 23.7 Å². The molecule has 0 fully saturated rings. The number of hydrogen-bond donors (Lipinski definition) is 2. The molecule has 0 amide bonds. The fraction of sp³-hybridized carbons (Fsp3) is 0.455. The van der Waals surface area contributed by atoms with E-state index in [-0.39, 0.29) is 0 Å². The molecule has 140 valence electrons. The van der Waals surface area contributed by atoms with Crippen LogP contribution >= 0.6 is 19.0 Å². The zero-order valence-corrected chi connectivity index (χ0v) is 17.8. The van der Waals surface area contributed by atoms with Crippen LogP contribution in [0.3, 0.4) is 0 Å². The van der Waals surface area contributed by atoms with Crippen molar-refractivity contribution >= 4 is 19.0 Å². The van der Waals surface area contributed by atoms with Gasteiger partial charge in [0.05, 0.1) is 0 Å². The molecule has 2 atom stereocenters. The number of aryl methyl sites for hydroxylation is 4. The fourth-order valence-electron chi connectivity index (χ4n) is 4.34. The van der Waals surface area contributed by atoms with Crippen LogP contribution in [0.15, 0.2) is 30.3 Å². The summed E-state index contributed by atoms with van der Waals surface area (Å²) in [4.78, 5) is 9.64. The lowest BCUT2D eigenvalue weighted by molar-refractivity contribution is 0.626. The molecule has 0 heterocycles. The van der Waals surface area contributed by atoms with Crippen molar-refractivity contribution < 1.29 is 9.45 Å². The quantitative estimate of drug-likeness (QED) is 0.435. The highest BCUT2D eigenvalue weighted by Crippen LogP contribution is 2.44. The predicted octanol–water partition coefficient (Wildman–Crippen LogP) is 6.56. The van der Waals surface area contributed by atoms with Crippen LogP contribution < -0.4 is 0 Å². The molecule has 0 radical (unpaired) electrons. The maximum Gasteiger partial charge on any atom is 0.114 e. The summed E-state index contributed by atoms with van der Waals surface area (Å²) in [7, 11) is -1.30. The van der Waals surface area contributed by atoms with Crippen LogP contribution in [0.2, 0.25) is 0 Å². The molecule has 0 saturated heterocycles. The summed E-state index contributed by atoms with van der Waals surface area (Å²) >= 11 is 0.596. The fourth-order valence-corrected chi connectivity index (χ4v) is 5.39. The molecular formula is C22H29O2PS. The van der Waals surface area contributed by atoms with Crippen molar-refractivity contribution in [3.05, 3.63) is 69.3 Å². The predicted molar refractivity (Wildman–Crippen MR) is 115 cm³/mol. The third kappa shape index (κ3) is 4.17. The SMILES string of the molecule is Cc1ccc(C2CCc3cc(CCP(O)SO)cc(C)c32)cc1C(C)C. The third-order valence-electron chi connectivity index (χ3n) is 5.60. The van der Waals surface area contributed by atoms with E-state index in [2.05, 4.69) is 58.0 Å². The third-order valence-corrected chi connectivity index (χ3v) is 7.50. The van der Waals surface area contributed by atoms with E-state index in [1.165, 1.54) is 45.4 Å². The maximum absolute atomic E-state index is 9.64. The lowest BCUT2D eigenvalue weighted by Gasteiger charge is -2.19. The summed E-state index contributed by atoms with van der Waals surface area (Å²) in [6.07, 6.45) is 3.78. The van der Waals surface area contributed by atoms with Gasteiger partial charge in [0.25, 0.3) is 0 Å². The molecule has 2 aromatic rings. The van der Waals surface area contributed by atoms with Crippen LogP contribution in [0.25, 0.3) is 0 Å². The van der Waals surface area contributed by atoms with Gasteiger partial charge in [0.15, 0.2) is 0 Å². The lowest BCUT2D eigenvalue weighted by Crippen LogP contribution is -2.03. The summed E-state index contributed by atoms with van der Waals surface area (Å²) < 4.78 is 8.96. The van der Waals surface area contributed by atoms with Crippen molar-refractivity contribution in [3.8, 4) is 0 Å². The standard InChI is InChI=1S/C22H29O2PS/c1-14(2)21-13-18(6-5-15(21)3)20-8-7-19-12-17(9-10-25(23)26-24)11-16(4)22(19)20/h5-6,11-14,20,23-24H,7-10H2,1-4H3. The second-order valence-electron chi connectivity index (χ2n) is 7.75. The van der Waals surface area contributed by atoms with Gasteiger partial charge in [-0.05, 0) is 78.0 Å². The molecule has 0 bridgehead atoms. The highest BCUT2D eigenvalue weighted by atomic mass is 32.7. The zero-order chi connectivity index (χ0) is 18.8. The first-order valence-corrected chi connectivity index (χ1v) is 12.3. The Labute approximate surface area is 162 Å². The second-order valence-corrected chi connectivity index (χ2v) is 10.8. The Morgan fingerprint density at radius 3 is 2.62 bits per heavy atom. The van der Waals surface area contributed by atoms with Gasteiger partial charge in [-0.25, -0.2) is 0 Å². The molecular weight excluding hydrogens is 359 g/mol.